The number of hydrogen-bond acceptors (Lipinski definition) is 1. The van der Waals surface area contributed by atoms with Gasteiger partial charge in [0.05, 0.1) is 0 Å². The second-order valence-electron chi connectivity index (χ2n) is 5.24. The van der Waals surface area contributed by atoms with Gasteiger partial charge >= 0.3 is 0 Å². The fourth-order valence-electron chi connectivity index (χ4n) is 2.58. The molecular weight excluding hydrogens is 210 g/mol. The van der Waals surface area contributed by atoms with Crippen LogP contribution >= 0.6 is 0 Å². The maximum atomic E-state index is 11.6. The Morgan fingerprint density at radius 2 is 1.88 bits per heavy atom. The third kappa shape index (κ3) is 3.09. The first-order chi connectivity index (χ1) is 8.10. The van der Waals surface area contributed by atoms with Crippen LogP contribution in [0.2, 0.25) is 0 Å². The average Bonchev–Trinajstić information content (AvgIpc) is 3.07. The highest BCUT2D eigenvalue weighted by molar-refractivity contribution is 5.76. The minimum Gasteiger partial charge on any atom is -0.359 e. The van der Waals surface area contributed by atoms with Crippen molar-refractivity contribution < 1.29 is 4.79 Å². The molecule has 1 aromatic carbocycles. The molecule has 1 fully saturated rings. The Balaban J connectivity index is 2.22. The molecule has 0 aromatic heterocycles. The first-order valence-electron chi connectivity index (χ1n) is 6.39. The van der Waals surface area contributed by atoms with Gasteiger partial charge in [0.1, 0.15) is 0 Å². The van der Waals surface area contributed by atoms with Crippen LogP contribution in [0.25, 0.3) is 0 Å². The van der Waals surface area contributed by atoms with Crippen LogP contribution in [0.15, 0.2) is 18.2 Å². The van der Waals surface area contributed by atoms with Crippen LogP contribution in [0.1, 0.15) is 41.9 Å². The van der Waals surface area contributed by atoms with Crippen molar-refractivity contribution in [3.05, 3.63) is 34.9 Å². The molecule has 0 radical (unpaired) electrons. The van der Waals surface area contributed by atoms with Crippen LogP contribution in [-0.2, 0) is 4.79 Å². The van der Waals surface area contributed by atoms with Crippen LogP contribution in [0.4, 0.5) is 0 Å². The fourth-order valence-corrected chi connectivity index (χ4v) is 2.58. The number of nitrogens with one attached hydrogen (secondary N) is 1. The molecule has 17 heavy (non-hydrogen) atoms. The summed E-state index contributed by atoms with van der Waals surface area (Å²) >= 11 is 0. The quantitative estimate of drug-likeness (QED) is 0.848. The summed E-state index contributed by atoms with van der Waals surface area (Å²) in [6.07, 6.45) is 3.17. The molecule has 1 saturated carbocycles. The Bertz CT molecular complexity index is 401. The van der Waals surface area contributed by atoms with Gasteiger partial charge in [-0.05, 0) is 44.1 Å². The summed E-state index contributed by atoms with van der Waals surface area (Å²) in [5.74, 6) is 1.28. The first kappa shape index (κ1) is 12.2. The van der Waals surface area contributed by atoms with Crippen LogP contribution in [0, 0.1) is 19.8 Å². The molecule has 0 bridgehead atoms. The van der Waals surface area contributed by atoms with E-state index in [0.717, 1.165) is 0 Å². The Morgan fingerprint density at radius 1 is 1.29 bits per heavy atom. The van der Waals surface area contributed by atoms with Gasteiger partial charge < -0.3 is 5.32 Å². The van der Waals surface area contributed by atoms with E-state index in [-0.39, 0.29) is 5.91 Å². The van der Waals surface area contributed by atoms with Crippen molar-refractivity contribution >= 4 is 5.91 Å². The molecular formula is C15H21NO. The van der Waals surface area contributed by atoms with E-state index >= 15 is 0 Å². The molecule has 2 nitrogen and oxygen atoms in total. The molecule has 92 valence electrons. The lowest BCUT2D eigenvalue weighted by Crippen LogP contribution is -2.21. The Labute approximate surface area is 103 Å². The summed E-state index contributed by atoms with van der Waals surface area (Å²) < 4.78 is 0. The van der Waals surface area contributed by atoms with Crippen molar-refractivity contribution in [2.75, 3.05) is 7.05 Å². The molecule has 1 aliphatic rings. The fraction of sp³-hybridized carbons (Fsp3) is 0.533. The Hall–Kier alpha value is -1.31. The van der Waals surface area contributed by atoms with Crippen LogP contribution < -0.4 is 5.32 Å². The van der Waals surface area contributed by atoms with Crippen molar-refractivity contribution in [1.29, 1.82) is 0 Å². The zero-order chi connectivity index (χ0) is 12.4. The Morgan fingerprint density at radius 3 is 2.35 bits per heavy atom. The van der Waals surface area contributed by atoms with Gasteiger partial charge in [-0.1, -0.05) is 29.3 Å². The van der Waals surface area contributed by atoms with Crippen molar-refractivity contribution in [3.8, 4) is 0 Å². The van der Waals surface area contributed by atoms with E-state index in [0.29, 0.717) is 18.3 Å². The maximum Gasteiger partial charge on any atom is 0.220 e. The van der Waals surface area contributed by atoms with Gasteiger partial charge in [-0.3, -0.25) is 4.79 Å². The molecule has 0 saturated heterocycles. The third-order valence-electron chi connectivity index (χ3n) is 3.55. The van der Waals surface area contributed by atoms with Crippen molar-refractivity contribution in [2.24, 2.45) is 5.92 Å². The van der Waals surface area contributed by atoms with Gasteiger partial charge in [-0.15, -0.1) is 0 Å². The predicted molar refractivity (Wildman–Crippen MR) is 70.1 cm³/mol. The van der Waals surface area contributed by atoms with E-state index in [4.69, 9.17) is 0 Å². The van der Waals surface area contributed by atoms with Gasteiger partial charge in [-0.25, -0.2) is 0 Å². The standard InChI is InChI=1S/C15H21NO/c1-10-6-11(2)8-13(7-10)14(12-4-5-12)9-15(17)16-3/h6-8,12,14H,4-5,9H2,1-3H3,(H,16,17). The SMILES string of the molecule is CNC(=O)CC(c1cc(C)cc(C)c1)C1CC1. The summed E-state index contributed by atoms with van der Waals surface area (Å²) in [5.41, 5.74) is 3.93. The normalized spacial score (nSPS) is 16.6. The monoisotopic (exact) mass is 231 g/mol. The molecule has 1 N–H and O–H groups in total. The molecule has 0 spiro atoms. The molecule has 0 heterocycles. The number of benzene rings is 1. The number of hydrogen-bond donors (Lipinski definition) is 1. The molecule has 1 unspecified atom stereocenters. The highest BCUT2D eigenvalue weighted by atomic mass is 16.1. The molecule has 1 atom stereocenters. The first-order valence-corrected chi connectivity index (χ1v) is 6.39. The van der Waals surface area contributed by atoms with Crippen LogP contribution in [0.3, 0.4) is 0 Å². The van der Waals surface area contributed by atoms with Crippen LogP contribution in [-0.4, -0.2) is 13.0 Å². The molecule has 2 rings (SSSR count). The van der Waals surface area contributed by atoms with E-state index < -0.39 is 0 Å². The minimum absolute atomic E-state index is 0.154. The second-order valence-corrected chi connectivity index (χ2v) is 5.24. The highest BCUT2D eigenvalue weighted by Gasteiger charge is 2.33. The average molecular weight is 231 g/mol. The zero-order valence-electron chi connectivity index (χ0n) is 10.9. The number of rotatable bonds is 4. The summed E-state index contributed by atoms with van der Waals surface area (Å²) in [7, 11) is 1.72. The number of amides is 1. The van der Waals surface area contributed by atoms with E-state index in [9.17, 15) is 4.79 Å². The summed E-state index contributed by atoms with van der Waals surface area (Å²) in [6.45, 7) is 4.25. The largest absolute Gasteiger partial charge is 0.359 e. The van der Waals surface area contributed by atoms with Crippen LogP contribution in [0.5, 0.6) is 0 Å². The summed E-state index contributed by atoms with van der Waals surface area (Å²) in [4.78, 5) is 11.6. The van der Waals surface area contributed by atoms with Gasteiger partial charge in [0.25, 0.3) is 0 Å². The molecule has 1 amide bonds. The van der Waals surface area contributed by atoms with Crippen molar-refractivity contribution in [3.63, 3.8) is 0 Å². The van der Waals surface area contributed by atoms with Gasteiger partial charge in [0.2, 0.25) is 5.91 Å². The minimum atomic E-state index is 0.154. The third-order valence-corrected chi connectivity index (χ3v) is 3.55. The van der Waals surface area contributed by atoms with E-state index in [1.807, 2.05) is 0 Å². The smallest absolute Gasteiger partial charge is 0.220 e. The highest BCUT2D eigenvalue weighted by Crippen LogP contribution is 2.44. The molecule has 1 aliphatic carbocycles. The van der Waals surface area contributed by atoms with E-state index in [1.54, 1.807) is 7.05 Å². The maximum absolute atomic E-state index is 11.6. The number of aryl methyl sites for hydroxylation is 2. The van der Waals surface area contributed by atoms with Crippen molar-refractivity contribution in [2.45, 2.75) is 39.0 Å². The summed E-state index contributed by atoms with van der Waals surface area (Å²) in [6, 6.07) is 6.66. The van der Waals surface area contributed by atoms with E-state index in [2.05, 4.69) is 37.4 Å². The number of carbonyl (C=O) groups is 1. The van der Waals surface area contributed by atoms with Gasteiger partial charge in [0, 0.05) is 13.5 Å². The van der Waals surface area contributed by atoms with Gasteiger partial charge in [0.15, 0.2) is 0 Å². The second kappa shape index (κ2) is 4.91. The molecule has 1 aromatic rings. The van der Waals surface area contributed by atoms with E-state index in [1.165, 1.54) is 29.5 Å². The lowest BCUT2D eigenvalue weighted by Gasteiger charge is -2.17. The molecule has 2 heteroatoms. The number of carbonyl (C=O) groups excluding carboxylic acids is 1. The lowest BCUT2D eigenvalue weighted by atomic mass is 9.89. The lowest BCUT2D eigenvalue weighted by molar-refractivity contribution is -0.121. The van der Waals surface area contributed by atoms with Gasteiger partial charge in [-0.2, -0.15) is 0 Å². The topological polar surface area (TPSA) is 29.1 Å². The summed E-state index contributed by atoms with van der Waals surface area (Å²) in [5, 5.41) is 2.74. The predicted octanol–water partition coefficient (Wildman–Crippen LogP) is 2.93. The molecule has 0 aliphatic heterocycles. The Kier molecular flexibility index (Phi) is 3.51. The van der Waals surface area contributed by atoms with Crippen molar-refractivity contribution in [1.82, 2.24) is 5.32 Å². The zero-order valence-corrected chi connectivity index (χ0v) is 10.9.